The number of methoxy groups -OCH3 is 1. The molecule has 0 fully saturated rings. The fourth-order valence-electron chi connectivity index (χ4n) is 15.6. The Morgan fingerprint density at radius 3 is 0.946 bits per heavy atom. The number of rotatable bonds is 10. The Morgan fingerprint density at radius 1 is 0.302 bits per heavy atom. The van der Waals surface area contributed by atoms with Gasteiger partial charge in [0.1, 0.15) is 5.60 Å². The van der Waals surface area contributed by atoms with E-state index in [0.29, 0.717) is 16.7 Å². The van der Waals surface area contributed by atoms with E-state index in [0.717, 1.165) is 134 Å². The molecular weight excluding hydrogens is 2340 g/mol. The van der Waals surface area contributed by atoms with E-state index in [9.17, 15) is 29.4 Å². The van der Waals surface area contributed by atoms with Crippen molar-refractivity contribution in [1.29, 1.82) is 0 Å². The van der Waals surface area contributed by atoms with Crippen LogP contribution in [0.5, 0.6) is 0 Å². The minimum absolute atomic E-state index is 0. The van der Waals surface area contributed by atoms with Crippen LogP contribution in [0.3, 0.4) is 0 Å². The van der Waals surface area contributed by atoms with E-state index in [-0.39, 0.29) is 70.4 Å². The van der Waals surface area contributed by atoms with Crippen molar-refractivity contribution in [2.24, 2.45) is 0 Å². The number of hydrogen-bond acceptors (Lipinski definition) is 6. The molecule has 17 aromatic carbocycles. The number of fused-ring (bicyclic) bond motifs is 9. The molecule has 0 atom stereocenters. The summed E-state index contributed by atoms with van der Waals surface area (Å²) < 4.78 is 14.4. The van der Waals surface area contributed by atoms with Crippen LogP contribution in [0.4, 0.5) is 0 Å². The van der Waals surface area contributed by atoms with Crippen LogP contribution >= 0.6 is 159 Å². The van der Waals surface area contributed by atoms with Crippen LogP contribution in [0.1, 0.15) is 98.9 Å². The minimum atomic E-state index is -1.28. The summed E-state index contributed by atoms with van der Waals surface area (Å²) in [4.78, 5) is 47.0. The third-order valence-electron chi connectivity index (χ3n) is 21.3. The van der Waals surface area contributed by atoms with Gasteiger partial charge in [-0.05, 0) is 221 Å². The number of ketones is 2. The quantitative estimate of drug-likeness (QED) is 0.0606. The van der Waals surface area contributed by atoms with E-state index in [1.807, 2.05) is 267 Å². The molecule has 7 nitrogen and oxygen atoms in total. The summed E-state index contributed by atoms with van der Waals surface area (Å²) in [5, 5.41) is 21.4. The molecule has 17 aromatic rings. The zero-order valence-corrected chi connectivity index (χ0v) is 86.8. The summed E-state index contributed by atoms with van der Waals surface area (Å²) in [6.45, 7) is 0. The topological polar surface area (TPSA) is 118 Å². The van der Waals surface area contributed by atoms with Crippen LogP contribution in [0, 0.1) is 6.07 Å². The number of halogens is 11. The van der Waals surface area contributed by atoms with E-state index < -0.39 is 11.6 Å². The number of ether oxygens (including phenoxy) is 1. The van der Waals surface area contributed by atoms with E-state index in [2.05, 4.69) is 281 Å². The van der Waals surface area contributed by atoms with Gasteiger partial charge in [0.05, 0.1) is 23.7 Å². The van der Waals surface area contributed by atoms with Crippen molar-refractivity contribution >= 4 is 206 Å². The fourth-order valence-corrected chi connectivity index (χ4v) is 18.9. The second-order valence-electron chi connectivity index (χ2n) is 28.9. The molecular formula is C110H75Br11MgO7. The first-order valence-corrected chi connectivity index (χ1v) is 47.3. The maximum Gasteiger partial charge on any atom is 2.00 e. The van der Waals surface area contributed by atoms with Gasteiger partial charge in [-0.1, -0.05) is 415 Å². The summed E-state index contributed by atoms with van der Waals surface area (Å²) in [6.07, 6.45) is 0. The Kier molecular flexibility index (Phi) is 36.6. The van der Waals surface area contributed by atoms with E-state index in [4.69, 9.17) is 4.74 Å². The second-order valence-corrected chi connectivity index (χ2v) is 38.1. The van der Waals surface area contributed by atoms with Crippen LogP contribution in [0.15, 0.2) is 445 Å². The predicted octanol–water partition coefficient (Wildman–Crippen LogP) is 30.0. The fraction of sp³-hybridized carbons (Fsp3) is 0.0364. The summed E-state index contributed by atoms with van der Waals surface area (Å²) in [5.41, 5.74) is 22.4. The Balaban J connectivity index is 0.000000149. The Bertz CT molecular complexity index is 6530. The van der Waals surface area contributed by atoms with Crippen molar-refractivity contribution in [3.63, 3.8) is 0 Å². The first-order chi connectivity index (χ1) is 61.0. The van der Waals surface area contributed by atoms with Gasteiger partial charge in [-0.2, -0.15) is 36.4 Å². The number of esters is 1. The zero-order valence-electron chi connectivity index (χ0n) is 67.9. The maximum atomic E-state index is 12.2. The van der Waals surface area contributed by atoms with Gasteiger partial charge in [0.15, 0.2) is 11.6 Å². The van der Waals surface area contributed by atoms with Gasteiger partial charge in [-0.15, -0.1) is 0 Å². The third-order valence-corrected chi connectivity index (χ3v) is 26.3. The van der Waals surface area contributed by atoms with Gasteiger partial charge in [-0.25, -0.2) is 9.59 Å². The molecule has 0 saturated heterocycles. The molecule has 2 N–H and O–H groups in total. The van der Waals surface area contributed by atoms with Crippen molar-refractivity contribution in [3.05, 3.63) is 523 Å². The van der Waals surface area contributed by atoms with E-state index in [1.165, 1.54) is 40.5 Å². The van der Waals surface area contributed by atoms with Crippen molar-refractivity contribution in [2.75, 3.05) is 7.11 Å². The van der Waals surface area contributed by atoms with Crippen molar-refractivity contribution in [1.82, 2.24) is 0 Å². The predicted molar refractivity (Wildman–Crippen MR) is 558 cm³/mol. The molecule has 0 bridgehead atoms. The second kappa shape index (κ2) is 46.9. The molecule has 19 heteroatoms. The number of benzene rings is 17. The number of carbonyl (C=O) groups is 4. The van der Waals surface area contributed by atoms with Gasteiger partial charge in [0, 0.05) is 72.5 Å². The molecule has 3 aliphatic carbocycles. The summed E-state index contributed by atoms with van der Waals surface area (Å²) >= 11 is 34.7. The average molecular weight is 2410 g/mol. The zero-order chi connectivity index (χ0) is 88.6. The minimum Gasteiger partial charge on any atom is -1.00 e. The molecule has 129 heavy (non-hydrogen) atoms. The summed E-state index contributed by atoms with van der Waals surface area (Å²) in [7, 11) is 1.38. The van der Waals surface area contributed by atoms with E-state index >= 15 is 0 Å². The SMILES string of the molecule is Brc1ccc2c(c1)C(c1ccccc1)(c1ccccc1)c1cc(Br)ccc1-2.C.COC(=O)c1cc(Br)ccc1-c1ccc(Br)cc1.O=C(O)c1cc(Br)ccc1-c1ccc(Br)cc1.O=C1c2cc(Br)ccc2-c2ccc(Br)cc21.O=C1c2ccccc2-c2ccccc21.OC(c1ccccc1)(c1ccccc1)c1cc(Br)ccc1-c1ccc(Br)cc1.[Br-].[Mg+2].[c-]1ccccc1. The number of carbonyl (C=O) groups excluding carboxylic acids is 3. The molecule has 636 valence electrons. The standard InChI is InChI=1S/C25H18Br2O.C25H16Br2.C14H10Br2O2.C13H8Br2O2.C13H6Br2O.C13H8O.C6H5.CH4.BrH.Mg/c26-21-13-11-18(12-14-21)23-16-15-22(27)17-24(23)25(28,19-7-3-1-4-8-19)20-9-5-2-6-10-20;26-19-11-13-21-22-14-12-20(27)16-24(22)25(23(21)15-19,17-7-3-1-4-8-17)18-9-5-2-6-10-18;1-18-14(17)13-8-11(16)6-7-12(13)9-2-4-10(15)5-3-9;14-9-3-1-8(2-4-9)11-6-5-10(15)7-12(11)13(16)17;14-7-1-3-9-10-4-2-8(15)6-12(10)13(16)11(9)5-7;14-13-11-7-3-1-5-9(11)10-6-2-4-8-12(10)13;1-2-4-6-5-3-1;;;/h1-17,28H;1-16H;2-8H,1H3;1-7H,(H,16,17);1-6H;1-8H;1-5H;1H4;1H;/q;;;;;;-1;;;+2/p-1. The van der Waals surface area contributed by atoms with Gasteiger partial charge in [0.2, 0.25) is 0 Å². The van der Waals surface area contributed by atoms with Crippen molar-refractivity contribution in [2.45, 2.75) is 18.4 Å². The largest absolute Gasteiger partial charge is 2.00 e. The van der Waals surface area contributed by atoms with Crippen LogP contribution < -0.4 is 17.0 Å². The normalized spacial score (nSPS) is 11.4. The van der Waals surface area contributed by atoms with Crippen molar-refractivity contribution in [3.8, 4) is 66.8 Å². The average Bonchev–Trinajstić information content (AvgIpc) is 1.53. The van der Waals surface area contributed by atoms with E-state index in [1.54, 1.807) is 18.2 Å². The molecule has 20 rings (SSSR count). The molecule has 0 unspecified atom stereocenters. The smallest absolute Gasteiger partial charge is 1.00 e. The van der Waals surface area contributed by atoms with Gasteiger partial charge < -0.3 is 31.9 Å². The molecule has 0 amide bonds. The number of aliphatic hydroxyl groups is 1. The third kappa shape index (κ3) is 23.4. The first kappa shape index (κ1) is 101. The Hall–Kier alpha value is -8.97. The number of aromatic carboxylic acids is 1. The summed E-state index contributed by atoms with van der Waals surface area (Å²) in [6, 6.07) is 135. The Labute approximate surface area is 862 Å². The molecule has 0 aromatic heterocycles. The molecule has 0 spiro atoms. The van der Waals surface area contributed by atoms with Gasteiger partial charge in [-0.3, -0.25) is 9.59 Å². The van der Waals surface area contributed by atoms with Crippen LogP contribution in [0.2, 0.25) is 0 Å². The van der Waals surface area contributed by atoms with Gasteiger partial charge >= 0.3 is 35.0 Å². The Morgan fingerprint density at radius 2 is 0.581 bits per heavy atom. The number of hydrogen-bond donors (Lipinski definition) is 2. The monoisotopic (exact) mass is 2400 g/mol. The summed E-state index contributed by atoms with van der Waals surface area (Å²) in [5.74, 6) is -1.01. The van der Waals surface area contributed by atoms with Crippen molar-refractivity contribution < 1.29 is 51.1 Å². The molecule has 0 heterocycles. The van der Waals surface area contributed by atoms with Crippen LogP contribution in [-0.4, -0.2) is 63.9 Å². The number of carboxylic acid groups (broad SMARTS) is 1. The molecule has 3 aliphatic rings. The number of carboxylic acids is 1. The van der Waals surface area contributed by atoms with Crippen LogP contribution in [-0.2, 0) is 15.8 Å². The molecule has 0 aliphatic heterocycles. The first-order valence-electron chi connectivity index (χ1n) is 39.4. The molecule has 0 saturated carbocycles. The maximum absolute atomic E-state index is 12.2. The molecule has 0 radical (unpaired) electrons. The van der Waals surface area contributed by atoms with Crippen LogP contribution in [0.25, 0.3) is 66.8 Å². The van der Waals surface area contributed by atoms with Gasteiger partial charge in [0.25, 0.3) is 0 Å².